The normalized spacial score (nSPS) is 17.6. The predicted molar refractivity (Wildman–Crippen MR) is 89.1 cm³/mol. The Morgan fingerprint density at radius 3 is 2.76 bits per heavy atom. The van der Waals surface area contributed by atoms with Gasteiger partial charge in [0.1, 0.15) is 11.7 Å². The summed E-state index contributed by atoms with van der Waals surface area (Å²) in [7, 11) is 0. The van der Waals surface area contributed by atoms with E-state index in [-0.39, 0.29) is 12.2 Å². The fourth-order valence-corrected chi connectivity index (χ4v) is 2.49. The number of ether oxygens (including phenoxy) is 2. The first kappa shape index (κ1) is 17.2. The highest BCUT2D eigenvalue weighted by atomic mass is 16.6. The van der Waals surface area contributed by atoms with Gasteiger partial charge in [-0.25, -0.2) is 9.78 Å². The second-order valence-electron chi connectivity index (χ2n) is 6.98. The molecule has 0 aromatic carbocycles. The lowest BCUT2D eigenvalue weighted by atomic mass is 10.2. The summed E-state index contributed by atoms with van der Waals surface area (Å²) in [6.07, 6.45) is 1.97. The Bertz CT molecular complexity index is 736. The maximum atomic E-state index is 12.1. The molecule has 1 fully saturated rings. The number of amides is 1. The van der Waals surface area contributed by atoms with Gasteiger partial charge < -0.3 is 18.9 Å². The lowest BCUT2D eigenvalue weighted by Gasteiger charge is -2.24. The molecule has 1 saturated heterocycles. The van der Waals surface area contributed by atoms with Gasteiger partial charge in [0, 0.05) is 37.7 Å². The van der Waals surface area contributed by atoms with Gasteiger partial charge in [0.15, 0.2) is 0 Å². The maximum absolute atomic E-state index is 12.1. The van der Waals surface area contributed by atoms with Gasteiger partial charge in [0.2, 0.25) is 17.6 Å². The van der Waals surface area contributed by atoms with E-state index in [1.807, 2.05) is 26.8 Å². The van der Waals surface area contributed by atoms with E-state index in [0.717, 1.165) is 12.0 Å². The third-order valence-corrected chi connectivity index (χ3v) is 3.61. The fourth-order valence-electron chi connectivity index (χ4n) is 2.49. The Hall–Kier alpha value is -2.64. The van der Waals surface area contributed by atoms with Crippen LogP contribution in [0.5, 0.6) is 5.88 Å². The van der Waals surface area contributed by atoms with E-state index in [2.05, 4.69) is 15.1 Å². The van der Waals surface area contributed by atoms with E-state index in [9.17, 15) is 4.79 Å². The maximum Gasteiger partial charge on any atom is 0.410 e. The van der Waals surface area contributed by atoms with Gasteiger partial charge in [-0.15, -0.1) is 0 Å². The molecule has 1 amide bonds. The molecular weight excluding hydrogens is 324 g/mol. The van der Waals surface area contributed by atoms with E-state index in [1.54, 1.807) is 24.1 Å². The Morgan fingerprint density at radius 2 is 2.16 bits per heavy atom. The van der Waals surface area contributed by atoms with Crippen LogP contribution in [-0.4, -0.2) is 50.9 Å². The summed E-state index contributed by atoms with van der Waals surface area (Å²) < 4.78 is 16.2. The Morgan fingerprint density at radius 1 is 1.36 bits per heavy atom. The highest BCUT2D eigenvalue weighted by molar-refractivity contribution is 5.68. The lowest BCUT2D eigenvalue weighted by Crippen LogP contribution is -2.36. The van der Waals surface area contributed by atoms with E-state index >= 15 is 0 Å². The average molecular weight is 346 g/mol. The van der Waals surface area contributed by atoms with Crippen molar-refractivity contribution in [2.75, 3.05) is 13.1 Å². The van der Waals surface area contributed by atoms with Crippen molar-refractivity contribution < 1.29 is 18.8 Å². The van der Waals surface area contributed by atoms with Crippen molar-refractivity contribution in [1.29, 1.82) is 0 Å². The second kappa shape index (κ2) is 6.70. The zero-order chi connectivity index (χ0) is 18.0. The first-order chi connectivity index (χ1) is 11.8. The molecular formula is C17H22N4O4. The molecule has 0 radical (unpaired) electrons. The van der Waals surface area contributed by atoms with E-state index in [4.69, 9.17) is 14.0 Å². The molecule has 0 N–H and O–H groups in total. The molecule has 2 aromatic heterocycles. The molecule has 0 bridgehead atoms. The number of hydrogen-bond acceptors (Lipinski definition) is 7. The molecule has 8 nitrogen and oxygen atoms in total. The minimum Gasteiger partial charge on any atom is -0.472 e. The molecule has 1 aliphatic rings. The van der Waals surface area contributed by atoms with Crippen molar-refractivity contribution in [2.45, 2.75) is 45.8 Å². The number of rotatable bonds is 3. The standard InChI is InChI=1S/C17H22N4O4/c1-11-19-15(20-25-11)12-5-6-14(18-9-12)23-13-7-8-21(10-13)16(22)24-17(2,3)4/h5-6,9,13H,7-8,10H2,1-4H3/t13-/m0/s1. The molecule has 3 heterocycles. The summed E-state index contributed by atoms with van der Waals surface area (Å²) in [6.45, 7) is 8.39. The topological polar surface area (TPSA) is 90.6 Å². The highest BCUT2D eigenvalue weighted by Crippen LogP contribution is 2.21. The Kier molecular flexibility index (Phi) is 4.61. The van der Waals surface area contributed by atoms with Gasteiger partial charge in [-0.3, -0.25) is 0 Å². The van der Waals surface area contributed by atoms with Crippen LogP contribution < -0.4 is 4.74 Å². The molecule has 1 aliphatic heterocycles. The quantitative estimate of drug-likeness (QED) is 0.844. The Balaban J connectivity index is 1.56. The van der Waals surface area contributed by atoms with Crippen molar-refractivity contribution in [3.63, 3.8) is 0 Å². The van der Waals surface area contributed by atoms with Crippen molar-refractivity contribution in [1.82, 2.24) is 20.0 Å². The molecule has 25 heavy (non-hydrogen) atoms. The first-order valence-electron chi connectivity index (χ1n) is 8.21. The molecule has 2 aromatic rings. The molecule has 1 atom stereocenters. The van der Waals surface area contributed by atoms with Crippen molar-refractivity contribution in [2.24, 2.45) is 0 Å². The van der Waals surface area contributed by atoms with Crippen molar-refractivity contribution in [3.8, 4) is 17.3 Å². The summed E-state index contributed by atoms with van der Waals surface area (Å²) in [5, 5.41) is 3.85. The number of carbonyl (C=O) groups is 1. The van der Waals surface area contributed by atoms with Crippen molar-refractivity contribution >= 4 is 6.09 Å². The molecule has 8 heteroatoms. The summed E-state index contributed by atoms with van der Waals surface area (Å²) >= 11 is 0. The van der Waals surface area contributed by atoms with E-state index in [1.165, 1.54) is 0 Å². The number of nitrogens with zero attached hydrogens (tertiary/aromatic N) is 4. The molecule has 3 rings (SSSR count). The minimum atomic E-state index is -0.499. The van der Waals surface area contributed by atoms with Crippen molar-refractivity contribution in [3.05, 3.63) is 24.2 Å². The van der Waals surface area contributed by atoms with Gasteiger partial charge in [0.25, 0.3) is 0 Å². The Labute approximate surface area is 146 Å². The first-order valence-corrected chi connectivity index (χ1v) is 8.21. The predicted octanol–water partition coefficient (Wildman–Crippen LogP) is 2.83. The lowest BCUT2D eigenvalue weighted by molar-refractivity contribution is 0.0275. The number of aromatic nitrogens is 3. The molecule has 0 unspecified atom stereocenters. The van der Waals surface area contributed by atoms with Gasteiger partial charge in [-0.05, 0) is 26.8 Å². The van der Waals surface area contributed by atoms with Gasteiger partial charge in [-0.2, -0.15) is 4.98 Å². The minimum absolute atomic E-state index is 0.0988. The highest BCUT2D eigenvalue weighted by Gasteiger charge is 2.31. The van der Waals surface area contributed by atoms with Gasteiger partial charge in [0.05, 0.1) is 6.54 Å². The molecule has 134 valence electrons. The van der Waals surface area contributed by atoms with Crippen LogP contribution in [-0.2, 0) is 4.74 Å². The van der Waals surface area contributed by atoms with Crippen LogP contribution in [0.25, 0.3) is 11.4 Å². The van der Waals surface area contributed by atoms with Crippen LogP contribution in [0.15, 0.2) is 22.9 Å². The van der Waals surface area contributed by atoms with Gasteiger partial charge in [-0.1, -0.05) is 5.16 Å². The number of likely N-dealkylation sites (tertiary alicyclic amines) is 1. The summed E-state index contributed by atoms with van der Waals surface area (Å²) in [5.41, 5.74) is 0.256. The van der Waals surface area contributed by atoms with Crippen LogP contribution in [0.4, 0.5) is 4.79 Å². The van der Waals surface area contributed by atoms with E-state index < -0.39 is 5.60 Å². The monoisotopic (exact) mass is 346 g/mol. The number of carbonyl (C=O) groups excluding carboxylic acids is 1. The van der Waals surface area contributed by atoms with Crippen LogP contribution in [0.2, 0.25) is 0 Å². The SMILES string of the molecule is Cc1nc(-c2ccc(O[C@H]3CCN(C(=O)OC(C)(C)C)C3)nc2)no1. The molecule has 0 aliphatic carbocycles. The summed E-state index contributed by atoms with van der Waals surface area (Å²) in [5.74, 6) is 1.50. The molecule has 0 saturated carbocycles. The summed E-state index contributed by atoms with van der Waals surface area (Å²) in [6, 6.07) is 3.59. The third kappa shape index (κ3) is 4.46. The smallest absolute Gasteiger partial charge is 0.410 e. The van der Waals surface area contributed by atoms with Crippen LogP contribution >= 0.6 is 0 Å². The van der Waals surface area contributed by atoms with Crippen LogP contribution in [0, 0.1) is 6.92 Å². The molecule has 0 spiro atoms. The van der Waals surface area contributed by atoms with E-state index in [0.29, 0.717) is 30.7 Å². The second-order valence-corrected chi connectivity index (χ2v) is 6.98. The third-order valence-electron chi connectivity index (χ3n) is 3.61. The number of hydrogen-bond donors (Lipinski definition) is 0. The summed E-state index contributed by atoms with van der Waals surface area (Å²) in [4.78, 5) is 22.2. The van der Waals surface area contributed by atoms with Crippen LogP contribution in [0.3, 0.4) is 0 Å². The zero-order valence-corrected chi connectivity index (χ0v) is 14.9. The average Bonchev–Trinajstić information content (AvgIpc) is 3.16. The van der Waals surface area contributed by atoms with Gasteiger partial charge >= 0.3 is 6.09 Å². The van der Waals surface area contributed by atoms with Crippen LogP contribution in [0.1, 0.15) is 33.1 Å². The fraction of sp³-hybridized carbons (Fsp3) is 0.529. The number of pyridine rings is 1. The number of aryl methyl sites for hydroxylation is 1. The largest absolute Gasteiger partial charge is 0.472 e. The zero-order valence-electron chi connectivity index (χ0n) is 14.9.